The summed E-state index contributed by atoms with van der Waals surface area (Å²) < 4.78 is 5.93. The molecular weight excluding hydrogens is 256 g/mol. The Hall–Kier alpha value is -0.350. The van der Waals surface area contributed by atoms with Crippen molar-refractivity contribution in [3.8, 4) is 5.19 Å². The first-order valence-corrected chi connectivity index (χ1v) is 7.38. The van der Waals surface area contributed by atoms with Crippen LogP contribution in [-0.2, 0) is 5.88 Å². The van der Waals surface area contributed by atoms with Crippen LogP contribution in [0.2, 0.25) is 0 Å². The molecule has 2 atom stereocenters. The van der Waals surface area contributed by atoms with Gasteiger partial charge in [0.1, 0.15) is 11.1 Å². The van der Waals surface area contributed by atoms with Crippen molar-refractivity contribution in [1.29, 1.82) is 0 Å². The third kappa shape index (κ3) is 3.55. The molecule has 1 heterocycles. The molecule has 3 nitrogen and oxygen atoms in total. The molecule has 1 saturated carbocycles. The molecule has 0 bridgehead atoms. The Labute approximate surface area is 112 Å². The van der Waals surface area contributed by atoms with Crippen LogP contribution in [0.4, 0.5) is 0 Å². The molecule has 96 valence electrons. The van der Waals surface area contributed by atoms with E-state index in [-0.39, 0.29) is 6.10 Å². The van der Waals surface area contributed by atoms with Crippen LogP contribution >= 0.6 is 22.9 Å². The zero-order chi connectivity index (χ0) is 12.5. The Morgan fingerprint density at radius 3 is 2.76 bits per heavy atom. The number of nitrogens with zero attached hydrogens (tertiary/aromatic N) is 2. The van der Waals surface area contributed by atoms with E-state index in [0.29, 0.717) is 22.4 Å². The molecule has 1 fully saturated rings. The van der Waals surface area contributed by atoms with Gasteiger partial charge in [-0.25, -0.2) is 0 Å². The average Bonchev–Trinajstić information content (AvgIpc) is 2.62. The molecule has 0 radical (unpaired) electrons. The summed E-state index contributed by atoms with van der Waals surface area (Å²) in [5, 5.41) is 9.47. The van der Waals surface area contributed by atoms with Gasteiger partial charge in [0, 0.05) is 0 Å². The highest BCUT2D eigenvalue weighted by Crippen LogP contribution is 2.40. The van der Waals surface area contributed by atoms with E-state index in [0.717, 1.165) is 17.8 Å². The van der Waals surface area contributed by atoms with E-state index in [1.807, 2.05) is 0 Å². The van der Waals surface area contributed by atoms with Gasteiger partial charge < -0.3 is 4.74 Å². The number of hydrogen-bond donors (Lipinski definition) is 0. The van der Waals surface area contributed by atoms with Crippen molar-refractivity contribution in [3.63, 3.8) is 0 Å². The topological polar surface area (TPSA) is 35.0 Å². The summed E-state index contributed by atoms with van der Waals surface area (Å²) in [6.07, 6.45) is 3.74. The maximum absolute atomic E-state index is 5.93. The highest BCUT2D eigenvalue weighted by Gasteiger charge is 2.33. The molecular formula is C12H19ClN2OS. The summed E-state index contributed by atoms with van der Waals surface area (Å²) >= 11 is 7.16. The fraction of sp³-hybridized carbons (Fsp3) is 0.833. The quantitative estimate of drug-likeness (QED) is 0.785. The summed E-state index contributed by atoms with van der Waals surface area (Å²) in [6.45, 7) is 6.91. The van der Waals surface area contributed by atoms with Crippen LogP contribution in [0, 0.1) is 11.3 Å². The predicted molar refractivity (Wildman–Crippen MR) is 70.7 cm³/mol. The van der Waals surface area contributed by atoms with Crippen molar-refractivity contribution in [1.82, 2.24) is 10.2 Å². The van der Waals surface area contributed by atoms with Crippen molar-refractivity contribution < 1.29 is 4.74 Å². The molecule has 5 heteroatoms. The van der Waals surface area contributed by atoms with Gasteiger partial charge >= 0.3 is 0 Å². The molecule has 0 aromatic carbocycles. The van der Waals surface area contributed by atoms with Gasteiger partial charge in [0.05, 0.1) is 5.88 Å². The zero-order valence-electron chi connectivity index (χ0n) is 10.6. The molecule has 1 aromatic rings. The van der Waals surface area contributed by atoms with Gasteiger partial charge in [0.15, 0.2) is 0 Å². The van der Waals surface area contributed by atoms with Gasteiger partial charge in [0.25, 0.3) is 5.19 Å². The summed E-state index contributed by atoms with van der Waals surface area (Å²) in [6, 6.07) is 0. The van der Waals surface area contributed by atoms with Crippen molar-refractivity contribution in [2.24, 2.45) is 11.3 Å². The number of aromatic nitrogens is 2. The summed E-state index contributed by atoms with van der Waals surface area (Å²) in [4.78, 5) is 0. The van der Waals surface area contributed by atoms with E-state index in [1.54, 1.807) is 0 Å². The molecule has 0 N–H and O–H groups in total. The van der Waals surface area contributed by atoms with Gasteiger partial charge in [-0.1, -0.05) is 32.1 Å². The molecule has 2 unspecified atom stereocenters. The SMILES string of the molecule is CC1CC(Oc2nnc(CCl)s2)CC(C)(C)C1. The molecule has 0 amide bonds. The lowest BCUT2D eigenvalue weighted by Gasteiger charge is -2.38. The molecule has 17 heavy (non-hydrogen) atoms. The second-order valence-corrected chi connectivity index (χ2v) is 7.04. The third-order valence-corrected chi connectivity index (χ3v) is 4.40. The Balaban J connectivity index is 1.98. The average molecular weight is 275 g/mol. The van der Waals surface area contributed by atoms with E-state index in [4.69, 9.17) is 16.3 Å². The normalized spacial score (nSPS) is 28.0. The lowest BCUT2D eigenvalue weighted by atomic mass is 9.71. The van der Waals surface area contributed by atoms with Crippen LogP contribution in [0.15, 0.2) is 0 Å². The second-order valence-electron chi connectivity index (χ2n) is 5.75. The number of rotatable bonds is 3. The van der Waals surface area contributed by atoms with Crippen LogP contribution in [0.3, 0.4) is 0 Å². The molecule has 0 aliphatic heterocycles. The number of ether oxygens (including phenoxy) is 1. The van der Waals surface area contributed by atoms with Gasteiger partial charge in [-0.05, 0) is 30.6 Å². The molecule has 1 aliphatic rings. The Bertz CT molecular complexity index is 380. The highest BCUT2D eigenvalue weighted by molar-refractivity contribution is 7.13. The minimum Gasteiger partial charge on any atom is -0.466 e. The van der Waals surface area contributed by atoms with Crippen molar-refractivity contribution >= 4 is 22.9 Å². The molecule has 1 aliphatic carbocycles. The maximum atomic E-state index is 5.93. The fourth-order valence-corrected chi connectivity index (χ4v) is 3.65. The van der Waals surface area contributed by atoms with E-state index < -0.39 is 0 Å². The minimum absolute atomic E-state index is 0.268. The minimum atomic E-state index is 0.268. The van der Waals surface area contributed by atoms with Gasteiger partial charge in [-0.3, -0.25) is 0 Å². The summed E-state index contributed by atoms with van der Waals surface area (Å²) in [5.74, 6) is 1.12. The highest BCUT2D eigenvalue weighted by atomic mass is 35.5. The van der Waals surface area contributed by atoms with Crippen LogP contribution in [-0.4, -0.2) is 16.3 Å². The lowest BCUT2D eigenvalue weighted by molar-refractivity contribution is 0.0556. The maximum Gasteiger partial charge on any atom is 0.294 e. The lowest BCUT2D eigenvalue weighted by Crippen LogP contribution is -2.34. The first-order valence-electron chi connectivity index (χ1n) is 6.03. The zero-order valence-corrected chi connectivity index (χ0v) is 12.1. The fourth-order valence-electron chi connectivity index (χ4n) is 2.83. The van der Waals surface area contributed by atoms with Gasteiger partial charge in [-0.15, -0.1) is 21.8 Å². The van der Waals surface area contributed by atoms with Crippen molar-refractivity contribution in [3.05, 3.63) is 5.01 Å². The van der Waals surface area contributed by atoms with E-state index in [1.165, 1.54) is 17.8 Å². The number of halogens is 1. The van der Waals surface area contributed by atoms with Gasteiger partial charge in [0.2, 0.25) is 0 Å². The van der Waals surface area contributed by atoms with Crippen molar-refractivity contribution in [2.75, 3.05) is 0 Å². The summed E-state index contributed by atoms with van der Waals surface area (Å²) in [5.41, 5.74) is 0.363. The van der Waals surface area contributed by atoms with Crippen LogP contribution in [0.1, 0.15) is 45.0 Å². The number of alkyl halides is 1. The summed E-state index contributed by atoms with van der Waals surface area (Å²) in [7, 11) is 0. The first-order chi connectivity index (χ1) is 7.98. The largest absolute Gasteiger partial charge is 0.466 e. The molecule has 2 rings (SSSR count). The third-order valence-electron chi connectivity index (χ3n) is 3.18. The van der Waals surface area contributed by atoms with Crippen LogP contribution < -0.4 is 4.74 Å². The van der Waals surface area contributed by atoms with E-state index in [9.17, 15) is 0 Å². The van der Waals surface area contributed by atoms with E-state index >= 15 is 0 Å². The van der Waals surface area contributed by atoms with Crippen LogP contribution in [0.25, 0.3) is 0 Å². The molecule has 0 spiro atoms. The standard InChI is InChI=1S/C12H19ClN2OS/c1-8-4-9(6-12(2,3)5-8)16-11-15-14-10(7-13)17-11/h8-9H,4-7H2,1-3H3. The Morgan fingerprint density at radius 1 is 1.41 bits per heavy atom. The Morgan fingerprint density at radius 2 is 2.18 bits per heavy atom. The molecule has 1 aromatic heterocycles. The molecule has 0 saturated heterocycles. The predicted octanol–water partition coefficient (Wildman–Crippen LogP) is 3.87. The Kier molecular flexibility index (Phi) is 3.93. The first kappa shape index (κ1) is 13.1. The smallest absolute Gasteiger partial charge is 0.294 e. The number of hydrogen-bond acceptors (Lipinski definition) is 4. The van der Waals surface area contributed by atoms with E-state index in [2.05, 4.69) is 31.0 Å². The van der Waals surface area contributed by atoms with Crippen molar-refractivity contribution in [2.45, 2.75) is 52.0 Å². The van der Waals surface area contributed by atoms with Gasteiger partial charge in [-0.2, -0.15) is 0 Å². The monoisotopic (exact) mass is 274 g/mol. The van der Waals surface area contributed by atoms with Crippen LogP contribution in [0.5, 0.6) is 5.19 Å². The second kappa shape index (κ2) is 5.11.